The zero-order chi connectivity index (χ0) is 21.9. The molecule has 2 aromatic carbocycles. The number of piperidine rings is 1. The minimum Gasteiger partial charge on any atom is -0.339 e. The number of nitrogens with zero attached hydrogens (tertiary/aromatic N) is 5. The Hall–Kier alpha value is -3.39. The number of halogens is 1. The molecule has 164 valence electrons. The molecule has 7 nitrogen and oxygen atoms in total. The van der Waals surface area contributed by atoms with Gasteiger partial charge in [0.25, 0.3) is 0 Å². The number of aromatic nitrogens is 4. The van der Waals surface area contributed by atoms with Gasteiger partial charge in [-0.15, -0.1) is 0 Å². The molecule has 0 saturated carbocycles. The molecule has 0 spiro atoms. The van der Waals surface area contributed by atoms with Crippen LogP contribution in [0, 0.1) is 12.7 Å². The summed E-state index contributed by atoms with van der Waals surface area (Å²) in [7, 11) is 0. The van der Waals surface area contributed by atoms with E-state index in [1.54, 1.807) is 12.1 Å². The third-order valence-corrected chi connectivity index (χ3v) is 5.72. The fourth-order valence-corrected chi connectivity index (χ4v) is 4.08. The average Bonchev–Trinajstić information content (AvgIpc) is 3.45. The number of rotatable bonds is 6. The smallest absolute Gasteiger partial charge is 0.234 e. The van der Waals surface area contributed by atoms with E-state index in [1.807, 2.05) is 37.3 Å². The van der Waals surface area contributed by atoms with Gasteiger partial charge in [0.2, 0.25) is 17.6 Å². The molecule has 1 saturated heterocycles. The van der Waals surface area contributed by atoms with Crippen LogP contribution in [0.25, 0.3) is 11.4 Å². The molecule has 1 unspecified atom stereocenters. The van der Waals surface area contributed by atoms with Gasteiger partial charge >= 0.3 is 0 Å². The highest BCUT2D eigenvalue weighted by Crippen LogP contribution is 2.27. The average molecular weight is 433 g/mol. The molecule has 1 fully saturated rings. The molecule has 32 heavy (non-hydrogen) atoms. The Balaban J connectivity index is 1.22. The number of hydrogen-bond acceptors (Lipinski definition) is 7. The maximum atomic E-state index is 13.5. The second-order valence-electron chi connectivity index (χ2n) is 8.31. The standard InChI is InChI=1S/C24H24FN5O2/c1-16-7-9-18(10-8-16)23-27-22(31-29-23)13-21-26-24(32-28-21)19-5-3-11-30(15-19)14-17-4-2-6-20(25)12-17/h2,4,6-10,12,19H,3,5,11,13-15H2,1H3. The molecule has 2 aromatic heterocycles. The van der Waals surface area contributed by atoms with Crippen LogP contribution in [0.15, 0.2) is 57.6 Å². The van der Waals surface area contributed by atoms with Crippen molar-refractivity contribution in [1.29, 1.82) is 0 Å². The van der Waals surface area contributed by atoms with Crippen molar-refractivity contribution in [2.45, 2.75) is 38.6 Å². The number of aryl methyl sites for hydroxylation is 1. The normalized spacial score (nSPS) is 17.0. The molecule has 1 aliphatic heterocycles. The summed E-state index contributed by atoms with van der Waals surface area (Å²) in [5.74, 6) is 2.10. The van der Waals surface area contributed by atoms with Crippen molar-refractivity contribution in [2.75, 3.05) is 13.1 Å². The summed E-state index contributed by atoms with van der Waals surface area (Å²) in [6, 6.07) is 14.7. The fourth-order valence-electron chi connectivity index (χ4n) is 4.08. The van der Waals surface area contributed by atoms with E-state index in [0.29, 0.717) is 36.4 Å². The first-order chi connectivity index (χ1) is 15.6. The van der Waals surface area contributed by atoms with Crippen LogP contribution >= 0.6 is 0 Å². The highest BCUT2D eigenvalue weighted by atomic mass is 19.1. The quantitative estimate of drug-likeness (QED) is 0.442. The molecule has 3 heterocycles. The van der Waals surface area contributed by atoms with Gasteiger partial charge in [-0.3, -0.25) is 4.90 Å². The summed E-state index contributed by atoms with van der Waals surface area (Å²) >= 11 is 0. The molecule has 5 rings (SSSR count). The topological polar surface area (TPSA) is 81.1 Å². The lowest BCUT2D eigenvalue weighted by molar-refractivity contribution is 0.180. The van der Waals surface area contributed by atoms with E-state index in [2.05, 4.69) is 25.2 Å². The molecular weight excluding hydrogens is 409 g/mol. The van der Waals surface area contributed by atoms with Crippen LogP contribution in [-0.2, 0) is 13.0 Å². The monoisotopic (exact) mass is 433 g/mol. The van der Waals surface area contributed by atoms with Gasteiger partial charge in [-0.2, -0.15) is 9.97 Å². The first kappa shape index (κ1) is 20.5. The summed E-state index contributed by atoms with van der Waals surface area (Å²) in [5.41, 5.74) is 3.05. The Labute approximate surface area is 185 Å². The SMILES string of the molecule is Cc1ccc(-c2noc(Cc3noc(C4CCCN(Cc5cccc(F)c5)C4)n3)n2)cc1. The Kier molecular flexibility index (Phi) is 5.77. The fraction of sp³-hybridized carbons (Fsp3) is 0.333. The summed E-state index contributed by atoms with van der Waals surface area (Å²) < 4.78 is 24.4. The van der Waals surface area contributed by atoms with E-state index in [0.717, 1.165) is 37.1 Å². The minimum atomic E-state index is -0.204. The molecule has 0 radical (unpaired) electrons. The zero-order valence-electron chi connectivity index (χ0n) is 17.9. The molecule has 1 aliphatic rings. The lowest BCUT2D eigenvalue weighted by Crippen LogP contribution is -2.34. The Morgan fingerprint density at radius 2 is 1.94 bits per heavy atom. The third-order valence-electron chi connectivity index (χ3n) is 5.72. The molecule has 4 aromatic rings. The largest absolute Gasteiger partial charge is 0.339 e. The van der Waals surface area contributed by atoms with Crippen molar-refractivity contribution < 1.29 is 13.4 Å². The van der Waals surface area contributed by atoms with Crippen molar-refractivity contribution >= 4 is 0 Å². The van der Waals surface area contributed by atoms with Gasteiger partial charge in [0.1, 0.15) is 5.82 Å². The van der Waals surface area contributed by atoms with Crippen LogP contribution in [0.2, 0.25) is 0 Å². The van der Waals surface area contributed by atoms with Gasteiger partial charge in [-0.05, 0) is 44.0 Å². The molecule has 0 amide bonds. The molecular formula is C24H24FN5O2. The third kappa shape index (κ3) is 4.75. The number of benzene rings is 2. The van der Waals surface area contributed by atoms with Gasteiger partial charge < -0.3 is 9.05 Å². The van der Waals surface area contributed by atoms with Gasteiger partial charge in [0.05, 0.1) is 12.3 Å². The summed E-state index contributed by atoms with van der Waals surface area (Å²) in [6.45, 7) is 4.51. The van der Waals surface area contributed by atoms with E-state index in [4.69, 9.17) is 9.05 Å². The highest BCUT2D eigenvalue weighted by Gasteiger charge is 2.26. The molecule has 8 heteroatoms. The van der Waals surface area contributed by atoms with Gasteiger partial charge in [0.15, 0.2) is 5.82 Å². The zero-order valence-corrected chi connectivity index (χ0v) is 17.9. The second kappa shape index (κ2) is 9.00. The van der Waals surface area contributed by atoms with E-state index in [-0.39, 0.29) is 11.7 Å². The van der Waals surface area contributed by atoms with E-state index in [9.17, 15) is 4.39 Å². The predicted octanol–water partition coefficient (Wildman–Crippen LogP) is 4.54. The number of likely N-dealkylation sites (tertiary alicyclic amines) is 1. The van der Waals surface area contributed by atoms with Crippen molar-refractivity contribution in [3.63, 3.8) is 0 Å². The van der Waals surface area contributed by atoms with Crippen molar-refractivity contribution in [3.05, 3.63) is 83.1 Å². The van der Waals surface area contributed by atoms with E-state index in [1.165, 1.54) is 11.6 Å². The van der Waals surface area contributed by atoms with Crippen LogP contribution in [0.4, 0.5) is 4.39 Å². The van der Waals surface area contributed by atoms with Crippen LogP contribution in [0.3, 0.4) is 0 Å². The second-order valence-corrected chi connectivity index (χ2v) is 8.31. The summed E-state index contributed by atoms with van der Waals surface area (Å²) in [5, 5.41) is 8.18. The van der Waals surface area contributed by atoms with Crippen LogP contribution < -0.4 is 0 Å². The summed E-state index contributed by atoms with van der Waals surface area (Å²) in [4.78, 5) is 11.3. The van der Waals surface area contributed by atoms with Crippen LogP contribution in [0.1, 0.15) is 47.5 Å². The lowest BCUT2D eigenvalue weighted by atomic mass is 9.97. The first-order valence-corrected chi connectivity index (χ1v) is 10.8. The Bertz CT molecular complexity index is 1190. The lowest BCUT2D eigenvalue weighted by Gasteiger charge is -2.30. The first-order valence-electron chi connectivity index (χ1n) is 10.8. The van der Waals surface area contributed by atoms with E-state index >= 15 is 0 Å². The maximum absolute atomic E-state index is 13.5. The minimum absolute atomic E-state index is 0.157. The molecule has 0 N–H and O–H groups in total. The highest BCUT2D eigenvalue weighted by molar-refractivity contribution is 5.54. The molecule has 0 bridgehead atoms. The maximum Gasteiger partial charge on any atom is 0.234 e. The van der Waals surface area contributed by atoms with Crippen molar-refractivity contribution in [2.24, 2.45) is 0 Å². The molecule has 1 atom stereocenters. The van der Waals surface area contributed by atoms with Crippen molar-refractivity contribution in [1.82, 2.24) is 25.2 Å². The van der Waals surface area contributed by atoms with Gasteiger partial charge in [-0.1, -0.05) is 52.3 Å². The predicted molar refractivity (Wildman–Crippen MR) is 115 cm³/mol. The van der Waals surface area contributed by atoms with E-state index < -0.39 is 0 Å². The Morgan fingerprint density at radius 3 is 2.78 bits per heavy atom. The number of hydrogen-bond donors (Lipinski definition) is 0. The van der Waals surface area contributed by atoms with Gasteiger partial charge in [0, 0.05) is 18.7 Å². The van der Waals surface area contributed by atoms with Crippen LogP contribution in [-0.4, -0.2) is 38.3 Å². The van der Waals surface area contributed by atoms with Crippen LogP contribution in [0.5, 0.6) is 0 Å². The molecule has 0 aliphatic carbocycles. The Morgan fingerprint density at radius 1 is 1.06 bits per heavy atom. The summed E-state index contributed by atoms with van der Waals surface area (Å²) in [6.07, 6.45) is 2.34. The van der Waals surface area contributed by atoms with Crippen molar-refractivity contribution in [3.8, 4) is 11.4 Å². The van der Waals surface area contributed by atoms with Gasteiger partial charge in [-0.25, -0.2) is 4.39 Å².